The Morgan fingerprint density at radius 2 is 2.00 bits per heavy atom. The number of ether oxygens (including phenoxy) is 1. The van der Waals surface area contributed by atoms with Gasteiger partial charge in [-0.2, -0.15) is 0 Å². The van der Waals surface area contributed by atoms with E-state index in [2.05, 4.69) is 4.98 Å². The van der Waals surface area contributed by atoms with E-state index in [4.69, 9.17) is 16.3 Å². The number of thiazole rings is 1. The first-order valence-electron chi connectivity index (χ1n) is 5.27. The molecular formula is C13H8ClNO2S. The lowest BCUT2D eigenvalue weighted by molar-refractivity contribution is 0.484. The number of halogens is 1. The summed E-state index contributed by atoms with van der Waals surface area (Å²) in [7, 11) is 0. The number of H-pyrrole nitrogens is 1. The molecule has 0 amide bonds. The molecule has 5 heteroatoms. The van der Waals surface area contributed by atoms with Crippen molar-refractivity contribution >= 4 is 33.2 Å². The van der Waals surface area contributed by atoms with Gasteiger partial charge in [-0.05, 0) is 24.3 Å². The Labute approximate surface area is 112 Å². The fraction of sp³-hybridized carbons (Fsp3) is 0. The number of fused-ring (bicyclic) bond motifs is 1. The van der Waals surface area contributed by atoms with Gasteiger partial charge in [0.2, 0.25) is 0 Å². The monoisotopic (exact) mass is 277 g/mol. The highest BCUT2D eigenvalue weighted by Crippen LogP contribution is 2.30. The average Bonchev–Trinajstić information content (AvgIpc) is 2.71. The number of hydrogen-bond donors (Lipinski definition) is 1. The molecule has 1 N–H and O–H groups in total. The van der Waals surface area contributed by atoms with Gasteiger partial charge in [-0.3, -0.25) is 4.79 Å². The molecule has 18 heavy (non-hydrogen) atoms. The summed E-state index contributed by atoms with van der Waals surface area (Å²) >= 11 is 7.17. The van der Waals surface area contributed by atoms with E-state index in [-0.39, 0.29) is 4.87 Å². The molecule has 2 aromatic carbocycles. The summed E-state index contributed by atoms with van der Waals surface area (Å²) < 4.78 is 6.55. The Bertz CT molecular complexity index is 763. The van der Waals surface area contributed by atoms with Crippen molar-refractivity contribution in [2.24, 2.45) is 0 Å². The van der Waals surface area contributed by atoms with Gasteiger partial charge in [0, 0.05) is 6.07 Å². The van der Waals surface area contributed by atoms with E-state index in [1.165, 1.54) is 0 Å². The van der Waals surface area contributed by atoms with Crippen LogP contribution in [0.3, 0.4) is 0 Å². The van der Waals surface area contributed by atoms with Crippen molar-refractivity contribution in [2.75, 3.05) is 0 Å². The summed E-state index contributed by atoms with van der Waals surface area (Å²) in [4.78, 5) is 13.9. The first-order chi connectivity index (χ1) is 8.72. The van der Waals surface area contributed by atoms with Crippen LogP contribution in [0.2, 0.25) is 5.02 Å². The topological polar surface area (TPSA) is 42.1 Å². The van der Waals surface area contributed by atoms with Crippen molar-refractivity contribution in [1.82, 2.24) is 4.98 Å². The van der Waals surface area contributed by atoms with Gasteiger partial charge in [-0.1, -0.05) is 35.1 Å². The van der Waals surface area contributed by atoms with Crippen molar-refractivity contribution in [3.63, 3.8) is 0 Å². The molecule has 0 saturated heterocycles. The smallest absolute Gasteiger partial charge is 0.305 e. The van der Waals surface area contributed by atoms with Gasteiger partial charge in [-0.25, -0.2) is 0 Å². The van der Waals surface area contributed by atoms with Crippen LogP contribution in [0.4, 0.5) is 0 Å². The predicted octanol–water partition coefficient (Wildman–Crippen LogP) is 4.04. The van der Waals surface area contributed by atoms with E-state index in [0.29, 0.717) is 16.5 Å². The Morgan fingerprint density at radius 1 is 1.17 bits per heavy atom. The van der Waals surface area contributed by atoms with Crippen molar-refractivity contribution in [2.45, 2.75) is 0 Å². The maximum atomic E-state index is 11.2. The van der Waals surface area contributed by atoms with Crippen LogP contribution >= 0.6 is 22.9 Å². The fourth-order valence-electron chi connectivity index (χ4n) is 1.64. The maximum Gasteiger partial charge on any atom is 0.305 e. The number of para-hydroxylation sites is 1. The van der Waals surface area contributed by atoms with Crippen LogP contribution < -0.4 is 9.61 Å². The molecule has 0 aliphatic carbocycles. The van der Waals surface area contributed by atoms with Crippen LogP contribution in [0.5, 0.6) is 11.5 Å². The minimum atomic E-state index is -0.0695. The summed E-state index contributed by atoms with van der Waals surface area (Å²) in [6.45, 7) is 0. The number of rotatable bonds is 2. The fourth-order valence-corrected chi connectivity index (χ4v) is 2.58. The highest BCUT2D eigenvalue weighted by molar-refractivity contribution is 7.16. The Balaban J connectivity index is 2.00. The van der Waals surface area contributed by atoms with Gasteiger partial charge in [0.1, 0.15) is 11.5 Å². The summed E-state index contributed by atoms with van der Waals surface area (Å²) in [6, 6.07) is 12.7. The Morgan fingerprint density at radius 3 is 2.83 bits per heavy atom. The van der Waals surface area contributed by atoms with Crippen molar-refractivity contribution < 1.29 is 4.74 Å². The Kier molecular flexibility index (Phi) is 2.81. The zero-order valence-corrected chi connectivity index (χ0v) is 10.7. The highest BCUT2D eigenvalue weighted by atomic mass is 35.5. The molecule has 0 aliphatic heterocycles. The lowest BCUT2D eigenvalue weighted by Gasteiger charge is -2.06. The number of hydrogen-bond acceptors (Lipinski definition) is 3. The number of nitrogens with one attached hydrogen (secondary N) is 1. The second kappa shape index (κ2) is 4.48. The minimum absolute atomic E-state index is 0.0695. The zero-order chi connectivity index (χ0) is 12.5. The summed E-state index contributed by atoms with van der Waals surface area (Å²) in [5, 5.41) is 0.555. The van der Waals surface area contributed by atoms with Crippen LogP contribution in [-0.4, -0.2) is 4.98 Å². The van der Waals surface area contributed by atoms with Gasteiger partial charge in [0.15, 0.2) is 0 Å². The molecule has 0 bridgehead atoms. The van der Waals surface area contributed by atoms with E-state index in [1.54, 1.807) is 18.2 Å². The van der Waals surface area contributed by atoms with E-state index in [0.717, 1.165) is 21.6 Å². The molecule has 0 fully saturated rings. The van der Waals surface area contributed by atoms with Crippen LogP contribution in [0.1, 0.15) is 0 Å². The third-order valence-corrected chi connectivity index (χ3v) is 3.61. The van der Waals surface area contributed by atoms with E-state index < -0.39 is 0 Å². The molecule has 3 nitrogen and oxygen atoms in total. The van der Waals surface area contributed by atoms with Gasteiger partial charge in [-0.15, -0.1) is 0 Å². The second-order valence-corrected chi connectivity index (χ2v) is 5.13. The van der Waals surface area contributed by atoms with E-state index in [1.807, 2.05) is 24.3 Å². The zero-order valence-electron chi connectivity index (χ0n) is 9.14. The molecule has 1 heterocycles. The van der Waals surface area contributed by atoms with Gasteiger partial charge < -0.3 is 9.72 Å². The number of benzene rings is 2. The van der Waals surface area contributed by atoms with Gasteiger partial charge in [0.05, 0.1) is 15.2 Å². The first kappa shape index (κ1) is 11.3. The molecule has 0 aliphatic rings. The van der Waals surface area contributed by atoms with E-state index >= 15 is 0 Å². The second-order valence-electron chi connectivity index (χ2n) is 3.70. The van der Waals surface area contributed by atoms with Gasteiger partial charge in [0.25, 0.3) is 0 Å². The number of aromatic amines is 1. The highest BCUT2D eigenvalue weighted by Gasteiger charge is 2.04. The maximum absolute atomic E-state index is 11.2. The average molecular weight is 278 g/mol. The normalized spacial score (nSPS) is 10.7. The molecule has 0 radical (unpaired) electrons. The molecule has 0 saturated carbocycles. The van der Waals surface area contributed by atoms with Crippen LogP contribution in [-0.2, 0) is 0 Å². The quantitative estimate of drug-likeness (QED) is 0.768. The van der Waals surface area contributed by atoms with Crippen LogP contribution in [0, 0.1) is 0 Å². The van der Waals surface area contributed by atoms with Crippen molar-refractivity contribution in [3.05, 3.63) is 57.2 Å². The van der Waals surface area contributed by atoms with Crippen molar-refractivity contribution in [3.8, 4) is 11.5 Å². The SMILES string of the molecule is O=c1[nH]c2ccc(Oc3ccccc3Cl)cc2s1. The third kappa shape index (κ3) is 2.12. The van der Waals surface area contributed by atoms with Crippen LogP contribution in [0.15, 0.2) is 47.3 Å². The molecule has 1 aromatic heterocycles. The molecule has 90 valence electrons. The molecular weight excluding hydrogens is 270 g/mol. The van der Waals surface area contributed by atoms with Crippen LogP contribution in [0.25, 0.3) is 10.2 Å². The third-order valence-electron chi connectivity index (χ3n) is 2.46. The summed E-state index contributed by atoms with van der Waals surface area (Å²) in [6.07, 6.45) is 0. The lowest BCUT2D eigenvalue weighted by atomic mass is 10.3. The van der Waals surface area contributed by atoms with E-state index in [9.17, 15) is 4.79 Å². The molecule has 0 unspecified atom stereocenters. The summed E-state index contributed by atoms with van der Waals surface area (Å²) in [5.41, 5.74) is 0.816. The molecule has 3 rings (SSSR count). The standard InChI is InChI=1S/C13H8ClNO2S/c14-9-3-1-2-4-11(9)17-8-5-6-10-12(7-8)18-13(16)15-10/h1-7H,(H,15,16). The largest absolute Gasteiger partial charge is 0.456 e. The first-order valence-corrected chi connectivity index (χ1v) is 6.47. The molecule has 3 aromatic rings. The molecule has 0 atom stereocenters. The predicted molar refractivity (Wildman–Crippen MR) is 74.0 cm³/mol. The van der Waals surface area contributed by atoms with Gasteiger partial charge >= 0.3 is 4.87 Å². The Hall–Kier alpha value is -1.78. The van der Waals surface area contributed by atoms with Crippen molar-refractivity contribution in [1.29, 1.82) is 0 Å². The molecule has 0 spiro atoms. The minimum Gasteiger partial charge on any atom is -0.456 e. The summed E-state index contributed by atoms with van der Waals surface area (Å²) in [5.74, 6) is 1.26. The lowest BCUT2D eigenvalue weighted by Crippen LogP contribution is -1.89. The number of aromatic nitrogens is 1.